The van der Waals surface area contributed by atoms with E-state index in [1.54, 1.807) is 0 Å². The van der Waals surface area contributed by atoms with Gasteiger partial charge in [0.25, 0.3) is 0 Å². The average Bonchev–Trinajstić information content (AvgIpc) is 1.87. The van der Waals surface area contributed by atoms with Gasteiger partial charge in [0, 0.05) is 6.42 Å². The summed E-state index contributed by atoms with van der Waals surface area (Å²) < 4.78 is 0. The summed E-state index contributed by atoms with van der Waals surface area (Å²) in [4.78, 5) is 20.6. The van der Waals surface area contributed by atoms with E-state index in [2.05, 4.69) is 6.58 Å². The third kappa shape index (κ3) is 2.41. The number of rotatable bonds is 4. The van der Waals surface area contributed by atoms with Crippen molar-refractivity contribution >= 4 is 11.8 Å². The Labute approximate surface area is 58.3 Å². The van der Waals surface area contributed by atoms with Crippen molar-refractivity contribution in [3.8, 4) is 0 Å². The van der Waals surface area contributed by atoms with Gasteiger partial charge in [-0.1, -0.05) is 6.08 Å². The lowest BCUT2D eigenvalue weighted by molar-refractivity contribution is -0.141. The Kier molecular flexibility index (Phi) is 3.35. The Bertz CT molecular complexity index is 164. The third-order valence-corrected chi connectivity index (χ3v) is 0.958. The van der Waals surface area contributed by atoms with E-state index < -0.39 is 17.8 Å². The topological polar surface area (TPSA) is 80.4 Å². The smallest absolute Gasteiger partial charge is 0.328 e. The molecular weight excluding hydrogens is 134 g/mol. The number of ketones is 1. The summed E-state index contributed by atoms with van der Waals surface area (Å²) in [5.74, 6) is -1.82. The van der Waals surface area contributed by atoms with Gasteiger partial charge in [-0.2, -0.15) is 0 Å². The molecule has 4 heteroatoms. The maximum Gasteiger partial charge on any atom is 0.328 e. The molecule has 0 amide bonds. The van der Waals surface area contributed by atoms with Crippen molar-refractivity contribution in [3.63, 3.8) is 0 Å². The van der Waals surface area contributed by atoms with Crippen LogP contribution in [0.25, 0.3) is 0 Å². The second-order valence-electron chi connectivity index (χ2n) is 1.78. The first-order chi connectivity index (χ1) is 4.59. The molecule has 4 nitrogen and oxygen atoms in total. The summed E-state index contributed by atoms with van der Waals surface area (Å²) in [6.45, 7) is 3.27. The maximum atomic E-state index is 10.6. The zero-order valence-electron chi connectivity index (χ0n) is 5.41. The first-order valence-corrected chi connectivity index (χ1v) is 2.71. The van der Waals surface area contributed by atoms with Gasteiger partial charge in [-0.3, -0.25) is 9.59 Å². The van der Waals surface area contributed by atoms with Crippen LogP contribution in [0.2, 0.25) is 0 Å². The molecule has 0 aromatic carbocycles. The van der Waals surface area contributed by atoms with E-state index in [0.717, 1.165) is 0 Å². The van der Waals surface area contributed by atoms with Crippen molar-refractivity contribution in [3.05, 3.63) is 12.7 Å². The quantitative estimate of drug-likeness (QED) is 0.412. The second-order valence-corrected chi connectivity index (χ2v) is 1.78. The number of hydrogen-bond donors (Lipinski definition) is 2. The Balaban J connectivity index is 3.94. The van der Waals surface area contributed by atoms with Gasteiger partial charge < -0.3 is 10.8 Å². The highest BCUT2D eigenvalue weighted by Crippen LogP contribution is 1.89. The number of carboxylic acid groups (broad SMARTS) is 1. The standard InChI is InChI=1S/C6H9NO3/c1-2-3-4(8)5(7)6(9)10/h2,5H,1,3,7H2,(H,9,10). The van der Waals surface area contributed by atoms with Gasteiger partial charge in [-0.15, -0.1) is 6.58 Å². The van der Waals surface area contributed by atoms with Crippen molar-refractivity contribution in [1.29, 1.82) is 0 Å². The summed E-state index contributed by atoms with van der Waals surface area (Å²) >= 11 is 0. The van der Waals surface area contributed by atoms with Crippen LogP contribution in [-0.2, 0) is 9.59 Å². The lowest BCUT2D eigenvalue weighted by Crippen LogP contribution is -2.38. The first kappa shape index (κ1) is 8.84. The number of carbonyl (C=O) groups is 2. The van der Waals surface area contributed by atoms with Crippen LogP contribution in [0.15, 0.2) is 12.7 Å². The van der Waals surface area contributed by atoms with Crippen LogP contribution in [0.1, 0.15) is 6.42 Å². The predicted molar refractivity (Wildman–Crippen MR) is 35.4 cm³/mol. The van der Waals surface area contributed by atoms with Crippen molar-refractivity contribution in [2.75, 3.05) is 0 Å². The molecule has 0 radical (unpaired) electrons. The van der Waals surface area contributed by atoms with Gasteiger partial charge in [-0.05, 0) is 0 Å². The van der Waals surface area contributed by atoms with Crippen LogP contribution in [0, 0.1) is 0 Å². The van der Waals surface area contributed by atoms with E-state index in [1.807, 2.05) is 0 Å². The number of Topliss-reactive ketones (excluding diaryl/α,β-unsaturated/α-hetero) is 1. The fourth-order valence-corrected chi connectivity index (χ4v) is 0.407. The Morgan fingerprint density at radius 3 is 2.50 bits per heavy atom. The van der Waals surface area contributed by atoms with E-state index in [0.29, 0.717) is 0 Å². The summed E-state index contributed by atoms with van der Waals surface area (Å²) in [7, 11) is 0. The van der Waals surface area contributed by atoms with Gasteiger partial charge in [0.2, 0.25) is 0 Å². The number of allylic oxidation sites excluding steroid dienone is 1. The van der Waals surface area contributed by atoms with Crippen LogP contribution in [0.3, 0.4) is 0 Å². The highest BCUT2D eigenvalue weighted by molar-refractivity contribution is 6.02. The molecule has 0 fully saturated rings. The monoisotopic (exact) mass is 143 g/mol. The molecule has 0 aromatic rings. The molecule has 0 saturated carbocycles. The number of aliphatic carboxylic acids is 1. The minimum absolute atomic E-state index is 0.00741. The fourth-order valence-electron chi connectivity index (χ4n) is 0.407. The summed E-state index contributed by atoms with van der Waals surface area (Å²) in [6, 6.07) is -1.40. The molecule has 0 aliphatic heterocycles. The van der Waals surface area contributed by atoms with E-state index in [4.69, 9.17) is 10.8 Å². The highest BCUT2D eigenvalue weighted by Gasteiger charge is 2.18. The largest absolute Gasteiger partial charge is 0.480 e. The zero-order valence-corrected chi connectivity index (χ0v) is 5.41. The molecule has 0 bridgehead atoms. The molecule has 0 aliphatic rings. The molecule has 0 aliphatic carbocycles. The van der Waals surface area contributed by atoms with Gasteiger partial charge in [0.15, 0.2) is 11.8 Å². The fraction of sp³-hybridized carbons (Fsp3) is 0.333. The van der Waals surface area contributed by atoms with E-state index in [-0.39, 0.29) is 6.42 Å². The molecule has 0 saturated heterocycles. The summed E-state index contributed by atoms with van der Waals surface area (Å²) in [6.07, 6.45) is 1.33. The van der Waals surface area contributed by atoms with Crippen LogP contribution in [0.4, 0.5) is 0 Å². The van der Waals surface area contributed by atoms with Crippen molar-refractivity contribution in [2.24, 2.45) is 5.73 Å². The number of hydrogen-bond acceptors (Lipinski definition) is 3. The minimum atomic E-state index is -1.40. The lowest BCUT2D eigenvalue weighted by Gasteiger charge is -2.00. The van der Waals surface area contributed by atoms with E-state index >= 15 is 0 Å². The molecule has 0 spiro atoms. The molecule has 56 valence electrons. The molecule has 1 unspecified atom stereocenters. The predicted octanol–water partition coefficient (Wildman–Crippen LogP) is -0.457. The lowest BCUT2D eigenvalue weighted by atomic mass is 10.1. The number of carboxylic acids is 1. The Morgan fingerprint density at radius 1 is 1.70 bits per heavy atom. The van der Waals surface area contributed by atoms with Gasteiger partial charge in [0.1, 0.15) is 0 Å². The van der Waals surface area contributed by atoms with Crippen LogP contribution in [0.5, 0.6) is 0 Å². The Hall–Kier alpha value is -1.16. The van der Waals surface area contributed by atoms with Crippen LogP contribution in [-0.4, -0.2) is 22.9 Å². The van der Waals surface area contributed by atoms with Crippen molar-refractivity contribution in [2.45, 2.75) is 12.5 Å². The second kappa shape index (κ2) is 3.79. The SMILES string of the molecule is C=CCC(=O)C(N)C(=O)O. The molecule has 0 aromatic heterocycles. The maximum absolute atomic E-state index is 10.6. The molecular formula is C6H9NO3. The van der Waals surface area contributed by atoms with Crippen LogP contribution < -0.4 is 5.73 Å². The number of carbonyl (C=O) groups excluding carboxylic acids is 1. The molecule has 10 heavy (non-hydrogen) atoms. The average molecular weight is 143 g/mol. The molecule has 0 rings (SSSR count). The van der Waals surface area contributed by atoms with E-state index in [9.17, 15) is 9.59 Å². The van der Waals surface area contributed by atoms with Gasteiger partial charge in [0.05, 0.1) is 0 Å². The molecule has 3 N–H and O–H groups in total. The van der Waals surface area contributed by atoms with Crippen molar-refractivity contribution < 1.29 is 14.7 Å². The van der Waals surface area contributed by atoms with Crippen molar-refractivity contribution in [1.82, 2.24) is 0 Å². The van der Waals surface area contributed by atoms with Crippen LogP contribution >= 0.6 is 0 Å². The first-order valence-electron chi connectivity index (χ1n) is 2.71. The Morgan fingerprint density at radius 2 is 2.20 bits per heavy atom. The third-order valence-electron chi connectivity index (χ3n) is 0.958. The van der Waals surface area contributed by atoms with Gasteiger partial charge in [-0.25, -0.2) is 0 Å². The summed E-state index contributed by atoms with van der Waals surface area (Å²) in [5.41, 5.74) is 4.95. The zero-order chi connectivity index (χ0) is 8.15. The van der Waals surface area contributed by atoms with Gasteiger partial charge >= 0.3 is 5.97 Å². The normalized spacial score (nSPS) is 12.1. The summed E-state index contributed by atoms with van der Waals surface area (Å²) in [5, 5.41) is 8.20. The molecule has 1 atom stereocenters. The molecule has 0 heterocycles. The highest BCUT2D eigenvalue weighted by atomic mass is 16.4. The van der Waals surface area contributed by atoms with E-state index in [1.165, 1.54) is 6.08 Å². The minimum Gasteiger partial charge on any atom is -0.480 e. The number of nitrogens with two attached hydrogens (primary N) is 1.